The maximum atomic E-state index is 13.0. The summed E-state index contributed by atoms with van der Waals surface area (Å²) in [6.07, 6.45) is 3.54. The van der Waals surface area contributed by atoms with E-state index in [1.807, 2.05) is 30.3 Å². The van der Waals surface area contributed by atoms with Gasteiger partial charge in [0.2, 0.25) is 0 Å². The van der Waals surface area contributed by atoms with Crippen LogP contribution in [-0.2, 0) is 4.79 Å². The molecule has 1 atom stereocenters. The van der Waals surface area contributed by atoms with Crippen molar-refractivity contribution in [1.29, 1.82) is 5.26 Å². The lowest BCUT2D eigenvalue weighted by molar-refractivity contribution is -0.113. The lowest BCUT2D eigenvalue weighted by Crippen LogP contribution is -2.40. The number of carbonyl (C=O) groups excluding carboxylic acids is 1. The fraction of sp³-hybridized carbons (Fsp3) is 0.0526. The number of fused-ring (bicyclic) bond motifs is 1. The minimum atomic E-state index is -0.688. The zero-order chi connectivity index (χ0) is 17.3. The van der Waals surface area contributed by atoms with Gasteiger partial charge in [0.15, 0.2) is 0 Å². The van der Waals surface area contributed by atoms with Crippen molar-refractivity contribution in [2.45, 2.75) is 6.04 Å². The Kier molecular flexibility index (Phi) is 4.44. The summed E-state index contributed by atoms with van der Waals surface area (Å²) in [5.74, 6) is -0.350. The highest BCUT2D eigenvalue weighted by Gasteiger charge is 2.29. The molecule has 3 nitrogen and oxygen atoms in total. The van der Waals surface area contributed by atoms with Gasteiger partial charge in [0, 0.05) is 5.57 Å². The summed E-state index contributed by atoms with van der Waals surface area (Å²) in [7, 11) is 0. The van der Waals surface area contributed by atoms with Crippen molar-refractivity contribution >= 4 is 46.4 Å². The second kappa shape index (κ2) is 6.52. The van der Waals surface area contributed by atoms with Crippen LogP contribution in [-0.4, -0.2) is 11.9 Å². The molecule has 5 heteroatoms. The lowest BCUT2D eigenvalue weighted by Gasteiger charge is -2.30. The van der Waals surface area contributed by atoms with Crippen molar-refractivity contribution < 1.29 is 4.79 Å². The third-order valence-electron chi connectivity index (χ3n) is 3.81. The molecule has 0 aliphatic carbocycles. The zero-order valence-electron chi connectivity index (χ0n) is 12.5. The van der Waals surface area contributed by atoms with Crippen molar-refractivity contribution in [2.75, 3.05) is 4.90 Å². The molecule has 1 heterocycles. The van der Waals surface area contributed by atoms with Gasteiger partial charge < -0.3 is 0 Å². The molecule has 0 fully saturated rings. The van der Waals surface area contributed by atoms with Crippen molar-refractivity contribution in [2.24, 2.45) is 0 Å². The third-order valence-corrected chi connectivity index (χ3v) is 4.55. The summed E-state index contributed by atoms with van der Waals surface area (Å²) in [6, 6.07) is 13.7. The van der Waals surface area contributed by atoms with Crippen LogP contribution < -0.4 is 4.90 Å². The number of hydrogen-bond donors (Lipinski definition) is 0. The molecule has 2 aromatic carbocycles. The van der Waals surface area contributed by atoms with Crippen LogP contribution in [0.15, 0.2) is 55.1 Å². The smallest absolute Gasteiger partial charge is 0.259 e. The molecule has 0 aromatic heterocycles. The molecule has 1 aliphatic heterocycles. The first-order valence-electron chi connectivity index (χ1n) is 7.17. The summed E-state index contributed by atoms with van der Waals surface area (Å²) in [6.45, 7) is 3.89. The Balaban J connectivity index is 2.01. The quantitative estimate of drug-likeness (QED) is 0.715. The van der Waals surface area contributed by atoms with Crippen LogP contribution in [0.5, 0.6) is 0 Å². The van der Waals surface area contributed by atoms with Gasteiger partial charge in [-0.05, 0) is 35.4 Å². The van der Waals surface area contributed by atoms with Crippen molar-refractivity contribution in [3.63, 3.8) is 0 Å². The number of nitriles is 1. The van der Waals surface area contributed by atoms with E-state index in [0.717, 1.165) is 5.56 Å². The number of amides is 1. The van der Waals surface area contributed by atoms with E-state index in [2.05, 4.69) is 12.6 Å². The molecule has 1 unspecified atom stereocenters. The minimum Gasteiger partial charge on any atom is -0.288 e. The Hall–Kier alpha value is -2.54. The Morgan fingerprint density at radius 3 is 2.62 bits per heavy atom. The molecule has 118 valence electrons. The zero-order valence-corrected chi connectivity index (χ0v) is 14.1. The monoisotopic (exact) mass is 354 g/mol. The highest BCUT2D eigenvalue weighted by molar-refractivity contribution is 6.42. The number of halogens is 2. The number of benzene rings is 2. The number of hydrogen-bond acceptors (Lipinski definition) is 2. The van der Waals surface area contributed by atoms with E-state index in [9.17, 15) is 10.1 Å². The van der Waals surface area contributed by atoms with Crippen LogP contribution in [0.25, 0.3) is 11.6 Å². The molecule has 0 saturated heterocycles. The molecule has 0 spiro atoms. The minimum absolute atomic E-state index is 0.249. The summed E-state index contributed by atoms with van der Waals surface area (Å²) < 4.78 is 0. The van der Waals surface area contributed by atoms with E-state index < -0.39 is 6.04 Å². The van der Waals surface area contributed by atoms with E-state index in [1.165, 1.54) is 4.90 Å². The fourth-order valence-electron chi connectivity index (χ4n) is 2.57. The second-order valence-corrected chi connectivity index (χ2v) is 6.09. The first-order chi connectivity index (χ1) is 11.5. The van der Waals surface area contributed by atoms with Crippen molar-refractivity contribution in [3.8, 4) is 6.07 Å². The molecule has 2 aromatic rings. The van der Waals surface area contributed by atoms with Gasteiger partial charge in [0.1, 0.15) is 6.04 Å². The predicted octanol–water partition coefficient (Wildman–Crippen LogP) is 4.96. The molecule has 0 radical (unpaired) electrons. The fourth-order valence-corrected chi connectivity index (χ4v) is 2.87. The number of carbonyl (C=O) groups is 1. The molecular weight excluding hydrogens is 343 g/mol. The largest absolute Gasteiger partial charge is 0.288 e. The first kappa shape index (κ1) is 16.3. The maximum absolute atomic E-state index is 13.0. The Bertz CT molecular complexity index is 912. The summed E-state index contributed by atoms with van der Waals surface area (Å²) >= 11 is 11.9. The van der Waals surface area contributed by atoms with Crippen molar-refractivity contribution in [3.05, 3.63) is 76.3 Å². The normalized spacial score (nSPS) is 15.5. The number of para-hydroxylation sites is 1. The topological polar surface area (TPSA) is 44.1 Å². The van der Waals surface area contributed by atoms with Crippen LogP contribution in [0, 0.1) is 11.3 Å². The standard InChI is InChI=1S/C19H12Cl2N2O/c1-12(14-7-9-16(20)17(21)10-14)19(24)23-15(11-22)8-6-13-4-2-3-5-18(13)23/h2-10,15H,1H2. The van der Waals surface area contributed by atoms with Gasteiger partial charge in [-0.25, -0.2) is 0 Å². The molecule has 0 bridgehead atoms. The molecule has 1 amide bonds. The highest BCUT2D eigenvalue weighted by Crippen LogP contribution is 2.32. The Labute approximate surface area is 150 Å². The second-order valence-electron chi connectivity index (χ2n) is 5.27. The van der Waals surface area contributed by atoms with E-state index >= 15 is 0 Å². The average molecular weight is 355 g/mol. The predicted molar refractivity (Wildman–Crippen MR) is 97.9 cm³/mol. The third kappa shape index (κ3) is 2.82. The molecular formula is C19H12Cl2N2O. The van der Waals surface area contributed by atoms with E-state index in [0.29, 0.717) is 21.3 Å². The Morgan fingerprint density at radius 1 is 1.17 bits per heavy atom. The van der Waals surface area contributed by atoms with Crippen LogP contribution in [0.3, 0.4) is 0 Å². The van der Waals surface area contributed by atoms with Crippen LogP contribution in [0.1, 0.15) is 11.1 Å². The van der Waals surface area contributed by atoms with Gasteiger partial charge in [-0.2, -0.15) is 5.26 Å². The number of anilines is 1. The first-order valence-corrected chi connectivity index (χ1v) is 7.93. The van der Waals surface area contributed by atoms with Gasteiger partial charge in [-0.15, -0.1) is 0 Å². The summed E-state index contributed by atoms with van der Waals surface area (Å²) in [5, 5.41) is 10.2. The highest BCUT2D eigenvalue weighted by atomic mass is 35.5. The number of nitrogens with zero attached hydrogens (tertiary/aromatic N) is 2. The molecule has 0 N–H and O–H groups in total. The Morgan fingerprint density at radius 2 is 1.92 bits per heavy atom. The lowest BCUT2D eigenvalue weighted by atomic mass is 10.00. The van der Waals surface area contributed by atoms with Crippen molar-refractivity contribution in [1.82, 2.24) is 0 Å². The van der Waals surface area contributed by atoms with Gasteiger partial charge in [0.05, 0.1) is 21.8 Å². The van der Waals surface area contributed by atoms with E-state index in [4.69, 9.17) is 23.2 Å². The summed E-state index contributed by atoms with van der Waals surface area (Å²) in [5.41, 5.74) is 2.37. The van der Waals surface area contributed by atoms with E-state index in [1.54, 1.807) is 24.3 Å². The summed E-state index contributed by atoms with van der Waals surface area (Å²) in [4.78, 5) is 14.4. The SMILES string of the molecule is C=C(C(=O)N1c2ccccc2C=CC1C#N)c1ccc(Cl)c(Cl)c1. The average Bonchev–Trinajstić information content (AvgIpc) is 2.61. The van der Waals surface area contributed by atoms with Crippen LogP contribution >= 0.6 is 23.2 Å². The number of rotatable bonds is 2. The molecule has 3 rings (SSSR count). The van der Waals surface area contributed by atoms with Crippen LogP contribution in [0.2, 0.25) is 10.0 Å². The van der Waals surface area contributed by atoms with Gasteiger partial charge in [0.25, 0.3) is 5.91 Å². The maximum Gasteiger partial charge on any atom is 0.259 e. The van der Waals surface area contributed by atoms with Crippen LogP contribution in [0.4, 0.5) is 5.69 Å². The molecule has 24 heavy (non-hydrogen) atoms. The molecule has 0 saturated carbocycles. The molecule has 1 aliphatic rings. The van der Waals surface area contributed by atoms with Gasteiger partial charge in [-0.3, -0.25) is 9.69 Å². The van der Waals surface area contributed by atoms with Gasteiger partial charge in [-0.1, -0.05) is 60.1 Å². The van der Waals surface area contributed by atoms with E-state index in [-0.39, 0.29) is 11.5 Å². The van der Waals surface area contributed by atoms with Gasteiger partial charge >= 0.3 is 0 Å².